The normalized spacial score (nSPS) is 21.3. The highest BCUT2D eigenvalue weighted by Crippen LogP contribution is 2.32. The van der Waals surface area contributed by atoms with Gasteiger partial charge in [-0.25, -0.2) is 4.52 Å². The van der Waals surface area contributed by atoms with E-state index in [1.54, 1.807) is 42.9 Å². The van der Waals surface area contributed by atoms with Crippen LogP contribution in [0.5, 0.6) is 11.5 Å². The van der Waals surface area contributed by atoms with Gasteiger partial charge >= 0.3 is 0 Å². The monoisotopic (exact) mass is 618 g/mol. The smallest absolute Gasteiger partial charge is 0.255 e. The highest BCUT2D eigenvalue weighted by atomic mass is 16.5. The first kappa shape index (κ1) is 31.2. The molecule has 3 N–H and O–H groups in total. The van der Waals surface area contributed by atoms with Crippen molar-refractivity contribution >= 4 is 23.0 Å². The van der Waals surface area contributed by atoms with Gasteiger partial charge in [0.15, 0.2) is 0 Å². The van der Waals surface area contributed by atoms with Crippen LogP contribution in [0.25, 0.3) is 5.52 Å². The van der Waals surface area contributed by atoms with E-state index in [1.165, 1.54) is 0 Å². The van der Waals surface area contributed by atoms with Gasteiger partial charge in [-0.3, -0.25) is 9.59 Å². The number of fused-ring (bicyclic) bond motifs is 1. The van der Waals surface area contributed by atoms with Gasteiger partial charge in [-0.15, -0.1) is 0 Å². The number of anilines is 1. The first-order chi connectivity index (χ1) is 21.6. The van der Waals surface area contributed by atoms with Crippen molar-refractivity contribution in [2.24, 2.45) is 0 Å². The van der Waals surface area contributed by atoms with Crippen LogP contribution in [0.4, 0.5) is 5.69 Å². The zero-order valence-electron chi connectivity index (χ0n) is 26.6. The Hall–Kier alpha value is -3.83. The Bertz CT molecular complexity index is 1500. The van der Waals surface area contributed by atoms with Gasteiger partial charge in [0.2, 0.25) is 0 Å². The number of carbonyl (C=O) groups excluding carboxylic acids is 2. The quantitative estimate of drug-likeness (QED) is 0.315. The molecule has 3 heterocycles. The molecule has 0 unspecified atom stereocenters. The number of rotatable bonds is 10. The molecule has 3 aliphatic rings. The molecule has 2 amide bonds. The summed E-state index contributed by atoms with van der Waals surface area (Å²) in [5, 5.41) is 20.6. The standard InChI is InChI=1S/C34H46N6O5/c1-34(2,43)22-44-27-12-14-30-29(20-35-40(30)21-27)33(42)37-24-7-10-26(11-8-24)45-31-19-25(39-17-15-38(3)16-18-39)9-13-28(31)32(41)36-23-5-4-6-23/h9,12-14,19-21,23-24,26,43H,4-8,10-11,15-18,22H2,1-3H3,(H,36,41)(H,37,42). The van der Waals surface area contributed by atoms with E-state index < -0.39 is 5.60 Å². The molecule has 6 rings (SSSR count). The Kier molecular flexibility index (Phi) is 9.18. The largest absolute Gasteiger partial charge is 0.490 e. The number of carbonyl (C=O) groups is 2. The van der Waals surface area contributed by atoms with Gasteiger partial charge in [-0.05, 0) is 90.1 Å². The third-order valence-corrected chi connectivity index (χ3v) is 9.15. The number of pyridine rings is 1. The lowest BCUT2D eigenvalue weighted by molar-refractivity contribution is 0.0283. The fourth-order valence-corrected chi connectivity index (χ4v) is 6.13. The van der Waals surface area contributed by atoms with Crippen LogP contribution in [0.1, 0.15) is 79.5 Å². The summed E-state index contributed by atoms with van der Waals surface area (Å²) in [5.41, 5.74) is 1.92. The average molecular weight is 619 g/mol. The molecule has 242 valence electrons. The minimum absolute atomic E-state index is 0.0275. The number of nitrogens with one attached hydrogen (secondary N) is 2. The summed E-state index contributed by atoms with van der Waals surface area (Å²) >= 11 is 0. The predicted molar refractivity (Wildman–Crippen MR) is 172 cm³/mol. The Balaban J connectivity index is 1.07. The molecule has 0 radical (unpaired) electrons. The first-order valence-electron chi connectivity index (χ1n) is 16.3. The molecule has 11 nitrogen and oxygen atoms in total. The van der Waals surface area contributed by atoms with Gasteiger partial charge in [-0.2, -0.15) is 5.10 Å². The molecular weight excluding hydrogens is 572 g/mol. The van der Waals surface area contributed by atoms with Crippen molar-refractivity contribution in [3.05, 3.63) is 53.9 Å². The number of likely N-dealkylation sites (N-methyl/N-ethyl adjacent to an activating group) is 1. The van der Waals surface area contributed by atoms with E-state index >= 15 is 0 Å². The minimum atomic E-state index is -0.949. The zero-order chi connectivity index (χ0) is 31.6. The van der Waals surface area contributed by atoms with E-state index in [1.807, 2.05) is 18.2 Å². The predicted octanol–water partition coefficient (Wildman–Crippen LogP) is 3.64. The SMILES string of the molecule is CN1CCN(c2ccc(C(=O)NC3CCC3)c(OC3CCC(NC(=O)c4cnn5cc(OCC(C)(C)O)ccc45)CC3)c2)CC1. The Labute approximate surface area is 264 Å². The number of ether oxygens (including phenoxy) is 2. The van der Waals surface area contributed by atoms with Crippen molar-refractivity contribution in [2.75, 3.05) is 44.7 Å². The van der Waals surface area contributed by atoms with Gasteiger partial charge in [0.25, 0.3) is 11.8 Å². The van der Waals surface area contributed by atoms with Gasteiger partial charge in [0.05, 0.1) is 40.7 Å². The fourth-order valence-electron chi connectivity index (χ4n) is 6.13. The third-order valence-electron chi connectivity index (χ3n) is 9.15. The van der Waals surface area contributed by atoms with Crippen molar-refractivity contribution in [1.82, 2.24) is 25.1 Å². The molecule has 0 spiro atoms. The average Bonchev–Trinajstić information content (AvgIpc) is 3.42. The highest BCUT2D eigenvalue weighted by Gasteiger charge is 2.28. The van der Waals surface area contributed by atoms with E-state index in [9.17, 15) is 14.7 Å². The molecule has 11 heteroatoms. The number of nitrogens with zero attached hydrogens (tertiary/aromatic N) is 4. The van der Waals surface area contributed by atoms with E-state index in [2.05, 4.69) is 32.6 Å². The second kappa shape index (κ2) is 13.3. The Morgan fingerprint density at radius 3 is 2.29 bits per heavy atom. The van der Waals surface area contributed by atoms with Crippen LogP contribution in [0.15, 0.2) is 42.7 Å². The lowest BCUT2D eigenvalue weighted by Crippen LogP contribution is -2.44. The number of amides is 2. The summed E-state index contributed by atoms with van der Waals surface area (Å²) in [7, 11) is 2.14. The second-order valence-electron chi connectivity index (χ2n) is 13.5. The Morgan fingerprint density at radius 2 is 1.62 bits per heavy atom. The van der Waals surface area contributed by atoms with Crippen molar-refractivity contribution in [3.8, 4) is 11.5 Å². The highest BCUT2D eigenvalue weighted by molar-refractivity contribution is 6.00. The van der Waals surface area contributed by atoms with Crippen LogP contribution in [0, 0.1) is 0 Å². The van der Waals surface area contributed by atoms with Crippen LogP contribution in [0.3, 0.4) is 0 Å². The van der Waals surface area contributed by atoms with Crippen molar-refractivity contribution < 1.29 is 24.2 Å². The number of aliphatic hydroxyl groups is 1. The van der Waals surface area contributed by atoms with Crippen LogP contribution in [-0.4, -0.2) is 95.1 Å². The van der Waals surface area contributed by atoms with Crippen molar-refractivity contribution in [2.45, 2.75) is 82.6 Å². The molecule has 2 aliphatic carbocycles. The van der Waals surface area contributed by atoms with Crippen molar-refractivity contribution in [1.29, 1.82) is 0 Å². The molecule has 45 heavy (non-hydrogen) atoms. The molecule has 3 fully saturated rings. The number of hydrogen-bond donors (Lipinski definition) is 3. The maximum Gasteiger partial charge on any atom is 0.255 e. The zero-order valence-corrected chi connectivity index (χ0v) is 26.6. The van der Waals surface area contributed by atoms with E-state index in [4.69, 9.17) is 9.47 Å². The summed E-state index contributed by atoms with van der Waals surface area (Å²) < 4.78 is 13.9. The van der Waals surface area contributed by atoms with E-state index in [0.29, 0.717) is 28.1 Å². The molecule has 2 aromatic heterocycles. The molecule has 0 atom stereocenters. The van der Waals surface area contributed by atoms with Crippen LogP contribution >= 0.6 is 0 Å². The van der Waals surface area contributed by atoms with Crippen LogP contribution in [0.2, 0.25) is 0 Å². The topological polar surface area (TPSA) is 121 Å². The van der Waals surface area contributed by atoms with Gasteiger partial charge in [0, 0.05) is 50.0 Å². The molecule has 0 bridgehead atoms. The first-order valence-corrected chi connectivity index (χ1v) is 16.3. The summed E-state index contributed by atoms with van der Waals surface area (Å²) in [6.07, 6.45) is 9.61. The third kappa shape index (κ3) is 7.70. The van der Waals surface area contributed by atoms with E-state index in [-0.39, 0.29) is 36.6 Å². The second-order valence-corrected chi connectivity index (χ2v) is 13.5. The lowest BCUT2D eigenvalue weighted by atomic mass is 9.92. The molecule has 1 aromatic carbocycles. The molecule has 1 aliphatic heterocycles. The molecule has 1 saturated heterocycles. The van der Waals surface area contributed by atoms with Crippen molar-refractivity contribution in [3.63, 3.8) is 0 Å². The summed E-state index contributed by atoms with van der Waals surface area (Å²) in [5.74, 6) is 0.989. The summed E-state index contributed by atoms with van der Waals surface area (Å²) in [4.78, 5) is 31.1. The van der Waals surface area contributed by atoms with Crippen LogP contribution < -0.4 is 25.0 Å². The Morgan fingerprint density at radius 1 is 0.933 bits per heavy atom. The maximum atomic E-state index is 13.2. The molecular formula is C34H46N6O5. The van der Waals surface area contributed by atoms with E-state index in [0.717, 1.165) is 76.8 Å². The maximum absolute atomic E-state index is 13.2. The summed E-state index contributed by atoms with van der Waals surface area (Å²) in [6.45, 7) is 7.40. The van der Waals surface area contributed by atoms with Gasteiger partial charge < -0.3 is 35.0 Å². The van der Waals surface area contributed by atoms with Gasteiger partial charge in [0.1, 0.15) is 18.1 Å². The summed E-state index contributed by atoms with van der Waals surface area (Å²) in [6, 6.07) is 9.87. The minimum Gasteiger partial charge on any atom is -0.490 e. The molecule has 3 aromatic rings. The lowest BCUT2D eigenvalue weighted by Gasteiger charge is -2.35. The number of benzene rings is 1. The van der Waals surface area contributed by atoms with Gasteiger partial charge in [-0.1, -0.05) is 0 Å². The van der Waals surface area contributed by atoms with Crippen LogP contribution in [-0.2, 0) is 0 Å². The molecule has 2 saturated carbocycles. The number of hydrogen-bond acceptors (Lipinski definition) is 8. The fraction of sp³-hybridized carbons (Fsp3) is 0.559. The number of piperazine rings is 1. The number of aromatic nitrogens is 2.